The molecule has 9 N–H and O–H groups in total. The number of benzene rings is 3. The average molecular weight is 1030 g/mol. The second-order valence-corrected chi connectivity index (χ2v) is 19.5. The van der Waals surface area contributed by atoms with Gasteiger partial charge in [-0.3, -0.25) is 19.5 Å². The zero-order chi connectivity index (χ0) is 45.9. The van der Waals surface area contributed by atoms with Crippen molar-refractivity contribution in [1.29, 1.82) is 0 Å². The number of hydrogen-bond acceptors (Lipinski definition) is 13. The van der Waals surface area contributed by atoms with Crippen molar-refractivity contribution in [3.8, 4) is 11.8 Å². The van der Waals surface area contributed by atoms with Gasteiger partial charge in [-0.05, 0) is 86.4 Å². The van der Waals surface area contributed by atoms with Crippen LogP contribution >= 0.6 is 43.6 Å². The molecule has 2 saturated heterocycles. The molecular formula is C47H60Br2N12O3S. The number of carbonyl (C=O) groups is 2. The number of likely N-dealkylation sites (tertiary alicyclic amines) is 1. The Labute approximate surface area is 402 Å². The Balaban J connectivity index is 0.785. The van der Waals surface area contributed by atoms with Crippen LogP contribution in [0.2, 0.25) is 0 Å². The number of halogens is 2. The van der Waals surface area contributed by atoms with E-state index < -0.39 is 6.10 Å². The molecule has 4 heterocycles. The van der Waals surface area contributed by atoms with Crippen molar-refractivity contribution in [2.45, 2.75) is 57.0 Å². The molecule has 0 spiro atoms. The van der Waals surface area contributed by atoms with Gasteiger partial charge in [-0.15, -0.1) is 0 Å². The molecule has 0 saturated carbocycles. The third-order valence-electron chi connectivity index (χ3n) is 11.9. The van der Waals surface area contributed by atoms with Crippen molar-refractivity contribution in [2.24, 2.45) is 17.5 Å². The number of anilines is 3. The molecule has 1 unspecified atom stereocenters. The summed E-state index contributed by atoms with van der Waals surface area (Å²) in [6.45, 7) is 9.78. The molecule has 15 nitrogen and oxygen atoms in total. The number of thioether (sulfide) groups is 1. The van der Waals surface area contributed by atoms with Crippen molar-refractivity contribution < 1.29 is 14.7 Å². The van der Waals surface area contributed by atoms with Crippen LogP contribution in [0.25, 0.3) is 21.8 Å². The smallest absolute Gasteiger partial charge is 0.223 e. The third kappa shape index (κ3) is 12.9. The molecule has 0 bridgehead atoms. The van der Waals surface area contributed by atoms with Gasteiger partial charge in [0.25, 0.3) is 0 Å². The zero-order valence-corrected chi connectivity index (χ0v) is 40.9. The highest BCUT2D eigenvalue weighted by atomic mass is 79.9. The van der Waals surface area contributed by atoms with E-state index in [1.807, 2.05) is 41.3 Å². The summed E-state index contributed by atoms with van der Waals surface area (Å²) in [5.41, 5.74) is 16.4. The first-order chi connectivity index (χ1) is 31.5. The number of β-amino-alcohol motifs (C(OH)–C–C–N with tert-alkyl or cyclic N) is 1. The lowest BCUT2D eigenvalue weighted by atomic mass is 9.96. The number of nitrogens with two attached hydrogens (primary N) is 3. The molecule has 18 heteroatoms. The van der Waals surface area contributed by atoms with Crippen LogP contribution in [0.5, 0.6) is 0 Å². The van der Waals surface area contributed by atoms with E-state index in [0.29, 0.717) is 81.3 Å². The quantitative estimate of drug-likeness (QED) is 0.0220. The van der Waals surface area contributed by atoms with Gasteiger partial charge in [0.15, 0.2) is 16.8 Å². The predicted molar refractivity (Wildman–Crippen MR) is 269 cm³/mol. The summed E-state index contributed by atoms with van der Waals surface area (Å²) >= 11 is 8.78. The van der Waals surface area contributed by atoms with Crippen molar-refractivity contribution in [1.82, 2.24) is 34.6 Å². The molecule has 2 aromatic heterocycles. The lowest BCUT2D eigenvalue weighted by molar-refractivity contribution is -0.134. The Kier molecular flexibility index (Phi) is 17.4. The summed E-state index contributed by atoms with van der Waals surface area (Å²) in [6.07, 6.45) is 2.40. The number of piperazine rings is 1. The van der Waals surface area contributed by atoms with Gasteiger partial charge in [0, 0.05) is 107 Å². The van der Waals surface area contributed by atoms with Crippen molar-refractivity contribution in [3.05, 3.63) is 80.7 Å². The number of hydrogen-bond donors (Lipinski definition) is 6. The maximum absolute atomic E-state index is 13.2. The summed E-state index contributed by atoms with van der Waals surface area (Å²) < 4.78 is 4.25. The van der Waals surface area contributed by atoms with Crippen LogP contribution in [-0.4, -0.2) is 130 Å². The van der Waals surface area contributed by atoms with E-state index in [-0.39, 0.29) is 24.3 Å². The van der Waals surface area contributed by atoms with Crippen LogP contribution in [0.3, 0.4) is 0 Å². The molecule has 2 aliphatic heterocycles. The fourth-order valence-corrected chi connectivity index (χ4v) is 9.86. The van der Waals surface area contributed by atoms with Crippen LogP contribution in [0, 0.1) is 17.8 Å². The molecule has 2 amide bonds. The highest BCUT2D eigenvalue weighted by Gasteiger charge is 2.27. The van der Waals surface area contributed by atoms with E-state index >= 15 is 0 Å². The highest BCUT2D eigenvalue weighted by Crippen LogP contribution is 2.34. The Morgan fingerprint density at radius 3 is 2.26 bits per heavy atom. The van der Waals surface area contributed by atoms with Gasteiger partial charge in [-0.25, -0.2) is 15.8 Å². The minimum atomic E-state index is -0.553. The van der Waals surface area contributed by atoms with Gasteiger partial charge in [-0.2, -0.15) is 0 Å². The summed E-state index contributed by atoms with van der Waals surface area (Å²) in [7, 11) is 0. The predicted octanol–water partition coefficient (Wildman–Crippen LogP) is 5.22. The average Bonchev–Trinajstić information content (AvgIpc) is 3.60. The van der Waals surface area contributed by atoms with Gasteiger partial charge in [0.1, 0.15) is 5.69 Å². The fraction of sp³-hybridized carbons (Fsp3) is 0.447. The van der Waals surface area contributed by atoms with E-state index in [9.17, 15) is 14.7 Å². The molecular weight excluding hydrogens is 972 g/mol. The van der Waals surface area contributed by atoms with E-state index in [0.717, 1.165) is 93.1 Å². The normalized spacial score (nSPS) is 15.5. The molecule has 0 radical (unpaired) electrons. The maximum Gasteiger partial charge on any atom is 0.223 e. The van der Waals surface area contributed by atoms with Gasteiger partial charge >= 0.3 is 0 Å². The standard InChI is InChI=1S/C47H60Br2N12O3S/c1-2-26-65-47-55-44(53-18-16-50)43(51)45(56-47)61(52)29-33-7-5-32(6-8-33)4-3-17-54-46(64)34-13-19-57(20-14-34)21-15-42(63)59-24-22-58(23-25-59)30-37(62)31-60-40-11-9-35(48)27-38(40)39-28-36(49)10-12-41(39)60/h5-12,27-28,34,37,62H,2,13-26,29-31,50-52H2,1H3,(H,54,64)(H,53,55,56). The van der Waals surface area contributed by atoms with E-state index in [1.165, 1.54) is 5.01 Å². The Morgan fingerprint density at radius 1 is 0.938 bits per heavy atom. The topological polar surface area (TPSA) is 200 Å². The SMILES string of the molecule is CCCSc1nc(NCCN)c(N)c(N(N)Cc2ccc(C#CCNC(=O)C3CCN(CCC(=O)N4CCN(CC(O)Cn5c6ccc(Br)cc6c6cc(Br)ccc65)CC4)CC3)cc2)n1. The maximum atomic E-state index is 13.2. The number of aliphatic hydroxyl groups excluding tert-OH is 1. The van der Waals surface area contributed by atoms with Crippen molar-refractivity contribution >= 4 is 94.6 Å². The molecule has 1 atom stereocenters. The van der Waals surface area contributed by atoms with Crippen molar-refractivity contribution in [3.63, 3.8) is 0 Å². The van der Waals surface area contributed by atoms with Crippen molar-refractivity contribution in [2.75, 3.05) is 93.8 Å². The summed E-state index contributed by atoms with van der Waals surface area (Å²) in [5.74, 6) is 14.7. The van der Waals surface area contributed by atoms with Gasteiger partial charge < -0.3 is 41.6 Å². The molecule has 65 heavy (non-hydrogen) atoms. The molecule has 346 valence electrons. The van der Waals surface area contributed by atoms with Crippen LogP contribution < -0.4 is 33.0 Å². The largest absolute Gasteiger partial charge is 0.393 e. The van der Waals surface area contributed by atoms with E-state index in [4.69, 9.17) is 17.3 Å². The zero-order valence-electron chi connectivity index (χ0n) is 36.9. The molecule has 2 aliphatic rings. The Bertz CT molecular complexity index is 2420. The number of nitrogen functional groups attached to an aromatic ring is 1. The lowest BCUT2D eigenvalue weighted by Crippen LogP contribution is -2.51. The number of piperidine rings is 1. The summed E-state index contributed by atoms with van der Waals surface area (Å²) in [6, 6.07) is 20.3. The number of aromatic nitrogens is 3. The monoisotopic (exact) mass is 1030 g/mol. The van der Waals surface area contributed by atoms with Gasteiger partial charge in [0.2, 0.25) is 11.8 Å². The number of aliphatic hydroxyl groups is 1. The second-order valence-electron chi connectivity index (χ2n) is 16.6. The molecule has 7 rings (SSSR count). The fourth-order valence-electron chi connectivity index (χ4n) is 8.45. The number of rotatable bonds is 18. The number of fused-ring (bicyclic) bond motifs is 3. The first kappa shape index (κ1) is 48.5. The second kappa shape index (κ2) is 23.3. The lowest BCUT2D eigenvalue weighted by Gasteiger charge is -2.36. The van der Waals surface area contributed by atoms with Gasteiger partial charge in [0.05, 0.1) is 25.7 Å². The molecule has 5 aromatic rings. The number of carbonyl (C=O) groups excluding carboxylic acids is 2. The van der Waals surface area contributed by atoms with E-state index in [1.54, 1.807) is 11.8 Å². The highest BCUT2D eigenvalue weighted by molar-refractivity contribution is 9.10. The summed E-state index contributed by atoms with van der Waals surface area (Å²) in [4.78, 5) is 41.9. The number of nitrogens with one attached hydrogen (secondary N) is 2. The number of hydrazine groups is 1. The number of nitrogens with zero attached hydrogens (tertiary/aromatic N) is 7. The first-order valence-corrected chi connectivity index (χ1v) is 25.0. The minimum absolute atomic E-state index is 0.0228. The Hall–Kier alpha value is -4.45. The molecule has 0 aliphatic carbocycles. The minimum Gasteiger partial charge on any atom is -0.393 e. The van der Waals surface area contributed by atoms with Crippen LogP contribution in [0.1, 0.15) is 43.7 Å². The van der Waals surface area contributed by atoms with Gasteiger partial charge in [-0.1, -0.05) is 74.5 Å². The summed E-state index contributed by atoms with van der Waals surface area (Å²) in [5, 5.41) is 21.8. The molecule has 3 aromatic carbocycles. The Morgan fingerprint density at radius 2 is 1.62 bits per heavy atom. The van der Waals surface area contributed by atoms with Crippen LogP contribution in [-0.2, 0) is 22.7 Å². The molecule has 2 fully saturated rings. The number of amides is 2. The first-order valence-electron chi connectivity index (χ1n) is 22.4. The van der Waals surface area contributed by atoms with E-state index in [2.05, 4.69) is 110 Å². The van der Waals surface area contributed by atoms with Crippen LogP contribution in [0.4, 0.5) is 17.3 Å². The third-order valence-corrected chi connectivity index (χ3v) is 14.0. The van der Waals surface area contributed by atoms with Crippen LogP contribution in [0.15, 0.2) is 74.8 Å².